The topological polar surface area (TPSA) is 14.1 Å². The first-order chi connectivity index (χ1) is 8.93. The molecule has 1 heterocycles. The summed E-state index contributed by atoms with van der Waals surface area (Å²) in [5.41, 5.74) is 1.47. The van der Waals surface area contributed by atoms with Crippen LogP contribution in [0.5, 0.6) is 0 Å². The van der Waals surface area contributed by atoms with E-state index in [-0.39, 0.29) is 0 Å². The molecule has 0 radical (unpaired) electrons. The number of hydrogen-bond donors (Lipinski definition) is 0. The number of aromatic amines is 1. The van der Waals surface area contributed by atoms with Gasteiger partial charge in [0.15, 0.2) is 12.4 Å². The van der Waals surface area contributed by atoms with Crippen molar-refractivity contribution in [3.05, 3.63) is 30.1 Å². The molecule has 0 amide bonds. The Balaban J connectivity index is 1.82. The zero-order valence-electron chi connectivity index (χ0n) is 12.1. The second kappa shape index (κ2) is 11.3. The molecular weight excluding hydrogens is 218 g/mol. The highest BCUT2D eigenvalue weighted by atomic mass is 14.6. The lowest BCUT2D eigenvalue weighted by Gasteiger charge is -2.02. The van der Waals surface area contributed by atoms with Crippen molar-refractivity contribution in [2.75, 3.05) is 0 Å². The molecule has 0 saturated heterocycles. The fourth-order valence-electron chi connectivity index (χ4n) is 2.40. The van der Waals surface area contributed by atoms with Crippen molar-refractivity contribution < 1.29 is 4.98 Å². The lowest BCUT2D eigenvalue weighted by molar-refractivity contribution is -0.378. The normalized spacial score (nSPS) is 10.7. The number of H-pyrrole nitrogens is 1. The van der Waals surface area contributed by atoms with Gasteiger partial charge in [-0.05, 0) is 18.4 Å². The third kappa shape index (κ3) is 8.27. The Morgan fingerprint density at radius 3 is 1.78 bits per heavy atom. The number of aryl methyl sites for hydroxylation is 1. The zero-order valence-corrected chi connectivity index (χ0v) is 12.1. The molecule has 0 aliphatic heterocycles. The van der Waals surface area contributed by atoms with Gasteiger partial charge in [0.05, 0.1) is 0 Å². The first-order valence-corrected chi connectivity index (χ1v) is 7.88. The van der Waals surface area contributed by atoms with E-state index < -0.39 is 0 Å². The van der Waals surface area contributed by atoms with Gasteiger partial charge in [0, 0.05) is 12.1 Å². The minimum Gasteiger partial charge on any atom is -0.218 e. The summed E-state index contributed by atoms with van der Waals surface area (Å²) in [6.07, 6.45) is 19.5. The molecule has 0 atom stereocenters. The molecule has 0 bridgehead atoms. The van der Waals surface area contributed by atoms with Crippen LogP contribution >= 0.6 is 0 Å². The minimum absolute atomic E-state index is 1.24. The van der Waals surface area contributed by atoms with Crippen molar-refractivity contribution in [1.82, 2.24) is 0 Å². The van der Waals surface area contributed by atoms with Crippen molar-refractivity contribution in [3.63, 3.8) is 0 Å². The Morgan fingerprint density at radius 2 is 1.22 bits per heavy atom. The third-order valence-corrected chi connectivity index (χ3v) is 3.61. The average molecular weight is 248 g/mol. The zero-order chi connectivity index (χ0) is 12.9. The van der Waals surface area contributed by atoms with Crippen LogP contribution in [0.15, 0.2) is 24.5 Å². The number of pyridine rings is 1. The second-order valence-electron chi connectivity index (χ2n) is 5.34. The van der Waals surface area contributed by atoms with Gasteiger partial charge in [0.25, 0.3) is 0 Å². The van der Waals surface area contributed by atoms with E-state index in [0.29, 0.717) is 0 Å². The SMILES string of the molecule is CCCCCCCCCCCCc1cc[nH+]cc1. The van der Waals surface area contributed by atoms with Gasteiger partial charge < -0.3 is 0 Å². The molecule has 102 valence electrons. The van der Waals surface area contributed by atoms with Crippen LogP contribution in [-0.4, -0.2) is 0 Å². The van der Waals surface area contributed by atoms with Gasteiger partial charge in [-0.1, -0.05) is 64.7 Å². The molecule has 1 nitrogen and oxygen atoms in total. The molecule has 0 saturated carbocycles. The molecule has 0 aliphatic rings. The van der Waals surface area contributed by atoms with Crippen molar-refractivity contribution in [3.8, 4) is 0 Å². The second-order valence-corrected chi connectivity index (χ2v) is 5.34. The van der Waals surface area contributed by atoms with Crippen LogP contribution in [0.25, 0.3) is 0 Å². The van der Waals surface area contributed by atoms with Crippen LogP contribution in [0.1, 0.15) is 76.7 Å². The van der Waals surface area contributed by atoms with E-state index in [2.05, 4.69) is 24.0 Å². The smallest absolute Gasteiger partial charge is 0.167 e. The Kier molecular flexibility index (Phi) is 9.51. The summed E-state index contributed by atoms with van der Waals surface area (Å²) in [6.45, 7) is 2.28. The molecule has 0 aliphatic carbocycles. The minimum atomic E-state index is 1.24. The van der Waals surface area contributed by atoms with Crippen LogP contribution in [-0.2, 0) is 6.42 Å². The van der Waals surface area contributed by atoms with Crippen LogP contribution in [0, 0.1) is 0 Å². The van der Waals surface area contributed by atoms with Gasteiger partial charge in [0.1, 0.15) is 0 Å². The van der Waals surface area contributed by atoms with E-state index in [9.17, 15) is 0 Å². The molecule has 0 unspecified atom stereocenters. The highest BCUT2D eigenvalue weighted by Crippen LogP contribution is 2.11. The Hall–Kier alpha value is -0.850. The molecule has 1 aromatic rings. The van der Waals surface area contributed by atoms with Crippen molar-refractivity contribution in [2.45, 2.75) is 77.6 Å². The molecule has 0 aromatic carbocycles. The molecule has 1 aromatic heterocycles. The summed E-state index contributed by atoms with van der Waals surface area (Å²) in [7, 11) is 0. The predicted molar refractivity (Wildman–Crippen MR) is 78.5 cm³/mol. The highest BCUT2D eigenvalue weighted by Gasteiger charge is 1.95. The molecule has 0 spiro atoms. The number of unbranched alkanes of at least 4 members (excludes halogenated alkanes) is 9. The van der Waals surface area contributed by atoms with Gasteiger partial charge in [-0.2, -0.15) is 0 Å². The summed E-state index contributed by atoms with van der Waals surface area (Å²) >= 11 is 0. The van der Waals surface area contributed by atoms with E-state index >= 15 is 0 Å². The first kappa shape index (κ1) is 15.2. The van der Waals surface area contributed by atoms with Crippen LogP contribution in [0.4, 0.5) is 0 Å². The standard InChI is InChI=1S/C17H29N/c1-2-3-4-5-6-7-8-9-10-11-12-17-13-15-18-16-14-17/h13-16H,2-12H2,1H3/p+1. The summed E-state index contributed by atoms with van der Waals surface area (Å²) in [5, 5.41) is 0. The predicted octanol–water partition coefficient (Wildman–Crippen LogP) is 4.96. The van der Waals surface area contributed by atoms with Crippen LogP contribution in [0.3, 0.4) is 0 Å². The molecule has 1 N–H and O–H groups in total. The van der Waals surface area contributed by atoms with Crippen LogP contribution < -0.4 is 4.98 Å². The average Bonchev–Trinajstić information content (AvgIpc) is 2.42. The fourth-order valence-corrected chi connectivity index (χ4v) is 2.40. The van der Waals surface area contributed by atoms with E-state index in [4.69, 9.17) is 0 Å². The van der Waals surface area contributed by atoms with E-state index in [0.717, 1.165) is 0 Å². The number of hydrogen-bond acceptors (Lipinski definition) is 0. The Bertz CT molecular complexity index is 268. The molecule has 0 fully saturated rings. The lowest BCUT2D eigenvalue weighted by Crippen LogP contribution is -1.98. The van der Waals surface area contributed by atoms with Crippen LogP contribution in [0.2, 0.25) is 0 Å². The monoisotopic (exact) mass is 248 g/mol. The van der Waals surface area contributed by atoms with Crippen molar-refractivity contribution in [2.24, 2.45) is 0 Å². The van der Waals surface area contributed by atoms with Gasteiger partial charge in [-0.15, -0.1) is 0 Å². The summed E-state index contributed by atoms with van der Waals surface area (Å²) in [6, 6.07) is 4.38. The summed E-state index contributed by atoms with van der Waals surface area (Å²) in [4.78, 5) is 3.07. The maximum Gasteiger partial charge on any atom is 0.167 e. The van der Waals surface area contributed by atoms with Gasteiger partial charge >= 0.3 is 0 Å². The van der Waals surface area contributed by atoms with Gasteiger partial charge in [-0.25, -0.2) is 4.98 Å². The first-order valence-electron chi connectivity index (χ1n) is 7.88. The highest BCUT2D eigenvalue weighted by molar-refractivity contribution is 5.06. The van der Waals surface area contributed by atoms with Gasteiger partial charge in [-0.3, -0.25) is 0 Å². The fraction of sp³-hybridized carbons (Fsp3) is 0.706. The van der Waals surface area contributed by atoms with E-state index in [1.54, 1.807) is 0 Å². The molecular formula is C17H30N+. The maximum atomic E-state index is 3.07. The maximum absolute atomic E-state index is 3.07. The van der Waals surface area contributed by atoms with Gasteiger partial charge in [0.2, 0.25) is 0 Å². The quantitative estimate of drug-likeness (QED) is 0.491. The summed E-state index contributed by atoms with van der Waals surface area (Å²) < 4.78 is 0. The Labute approximate surface area is 113 Å². The lowest BCUT2D eigenvalue weighted by atomic mass is 10.0. The number of aromatic nitrogens is 1. The Morgan fingerprint density at radius 1 is 0.722 bits per heavy atom. The third-order valence-electron chi connectivity index (χ3n) is 3.61. The molecule has 18 heavy (non-hydrogen) atoms. The number of nitrogens with one attached hydrogen (secondary N) is 1. The van der Waals surface area contributed by atoms with E-state index in [1.807, 2.05) is 12.4 Å². The van der Waals surface area contributed by atoms with E-state index in [1.165, 1.54) is 76.2 Å². The number of rotatable bonds is 11. The molecule has 1 rings (SSSR count). The van der Waals surface area contributed by atoms with Crippen molar-refractivity contribution >= 4 is 0 Å². The molecule has 1 heteroatoms. The largest absolute Gasteiger partial charge is 0.218 e. The summed E-state index contributed by atoms with van der Waals surface area (Å²) in [5.74, 6) is 0. The van der Waals surface area contributed by atoms with Crippen molar-refractivity contribution in [1.29, 1.82) is 0 Å².